The van der Waals surface area contributed by atoms with Crippen LogP contribution in [0.15, 0.2) is 35.4 Å². The van der Waals surface area contributed by atoms with Crippen LogP contribution in [0.2, 0.25) is 0 Å². The Morgan fingerprint density at radius 3 is 2.96 bits per heavy atom. The smallest absolute Gasteiger partial charge is 0.251 e. The lowest BCUT2D eigenvalue weighted by Gasteiger charge is -2.16. The van der Waals surface area contributed by atoms with Crippen LogP contribution < -0.4 is 10.9 Å². The fourth-order valence-corrected chi connectivity index (χ4v) is 2.24. The maximum atomic E-state index is 11.9. The normalized spacial score (nSPS) is 10.7. The van der Waals surface area contributed by atoms with E-state index < -0.39 is 0 Å². The summed E-state index contributed by atoms with van der Waals surface area (Å²) in [6, 6.07) is 5.29. The number of hydrogen-bond donors (Lipinski definition) is 2. The highest BCUT2D eigenvalue weighted by molar-refractivity contribution is 5.77. The summed E-state index contributed by atoms with van der Waals surface area (Å²) in [6.07, 6.45) is 4.00. The lowest BCUT2D eigenvalue weighted by Crippen LogP contribution is -2.36. The van der Waals surface area contributed by atoms with E-state index in [1.807, 2.05) is 24.1 Å². The topological polar surface area (TPSA) is 91.0 Å². The highest BCUT2D eigenvalue weighted by atomic mass is 16.2. The number of carbonyl (C=O) groups excluding carboxylic acids is 1. The molecule has 7 heteroatoms. The van der Waals surface area contributed by atoms with Gasteiger partial charge in [0.15, 0.2) is 0 Å². The zero-order valence-corrected chi connectivity index (χ0v) is 13.4. The lowest BCUT2D eigenvalue weighted by atomic mass is 10.2. The number of rotatable bonds is 7. The molecule has 0 radical (unpaired) electrons. The molecule has 0 saturated heterocycles. The molecule has 0 atom stereocenters. The van der Waals surface area contributed by atoms with E-state index in [1.54, 1.807) is 19.3 Å². The number of H-pyrrole nitrogens is 1. The molecular formula is C16H21N5O2. The zero-order chi connectivity index (χ0) is 16.7. The zero-order valence-electron chi connectivity index (χ0n) is 13.4. The summed E-state index contributed by atoms with van der Waals surface area (Å²) in [6.45, 7) is 3.16. The number of amides is 1. The van der Waals surface area contributed by atoms with Gasteiger partial charge >= 0.3 is 0 Å². The Kier molecular flexibility index (Phi) is 5.99. The van der Waals surface area contributed by atoms with Crippen molar-refractivity contribution in [2.45, 2.75) is 19.9 Å². The SMILES string of the molecule is Cc1cc(=O)[nH]c(CCNC(=O)CN(C)Cc2cccnc2)n1. The Bertz CT molecular complexity index is 699. The molecule has 0 fully saturated rings. The van der Waals surface area contributed by atoms with Crippen molar-refractivity contribution in [1.82, 2.24) is 25.2 Å². The van der Waals surface area contributed by atoms with Crippen LogP contribution in [0.5, 0.6) is 0 Å². The highest BCUT2D eigenvalue weighted by Crippen LogP contribution is 2.00. The molecule has 7 nitrogen and oxygen atoms in total. The molecule has 2 aromatic rings. The molecule has 0 aliphatic rings. The Balaban J connectivity index is 1.73. The Morgan fingerprint density at radius 2 is 2.26 bits per heavy atom. The van der Waals surface area contributed by atoms with Gasteiger partial charge in [-0.05, 0) is 25.6 Å². The molecule has 0 saturated carbocycles. The van der Waals surface area contributed by atoms with Crippen molar-refractivity contribution in [3.63, 3.8) is 0 Å². The van der Waals surface area contributed by atoms with Gasteiger partial charge in [-0.1, -0.05) is 6.07 Å². The first-order chi connectivity index (χ1) is 11.0. The minimum Gasteiger partial charge on any atom is -0.355 e. The summed E-state index contributed by atoms with van der Waals surface area (Å²) < 4.78 is 0. The largest absolute Gasteiger partial charge is 0.355 e. The third-order valence-corrected chi connectivity index (χ3v) is 3.19. The number of nitrogens with one attached hydrogen (secondary N) is 2. The monoisotopic (exact) mass is 315 g/mol. The molecule has 0 aliphatic heterocycles. The van der Waals surface area contributed by atoms with E-state index in [-0.39, 0.29) is 11.5 Å². The van der Waals surface area contributed by atoms with Gasteiger partial charge in [0.2, 0.25) is 5.91 Å². The highest BCUT2D eigenvalue weighted by Gasteiger charge is 2.07. The second-order valence-corrected chi connectivity index (χ2v) is 5.47. The third-order valence-electron chi connectivity index (χ3n) is 3.19. The van der Waals surface area contributed by atoms with Crippen molar-refractivity contribution >= 4 is 5.91 Å². The van der Waals surface area contributed by atoms with Crippen molar-refractivity contribution in [1.29, 1.82) is 0 Å². The van der Waals surface area contributed by atoms with Crippen LogP contribution in [0.25, 0.3) is 0 Å². The second kappa shape index (κ2) is 8.19. The molecule has 0 bridgehead atoms. The van der Waals surface area contributed by atoms with Crippen LogP contribution in [0, 0.1) is 6.92 Å². The summed E-state index contributed by atoms with van der Waals surface area (Å²) in [5.74, 6) is 0.519. The van der Waals surface area contributed by atoms with E-state index in [4.69, 9.17) is 0 Å². The molecule has 0 aromatic carbocycles. The molecule has 23 heavy (non-hydrogen) atoms. The van der Waals surface area contributed by atoms with E-state index in [9.17, 15) is 9.59 Å². The summed E-state index contributed by atoms with van der Waals surface area (Å²) in [4.78, 5) is 36.1. The summed E-state index contributed by atoms with van der Waals surface area (Å²) in [7, 11) is 1.88. The number of carbonyl (C=O) groups is 1. The molecule has 2 heterocycles. The van der Waals surface area contributed by atoms with Crippen LogP contribution >= 0.6 is 0 Å². The minimum absolute atomic E-state index is 0.0635. The van der Waals surface area contributed by atoms with Gasteiger partial charge in [0.05, 0.1) is 6.54 Å². The number of pyridine rings is 1. The van der Waals surface area contributed by atoms with Crippen LogP contribution in [0.1, 0.15) is 17.1 Å². The number of nitrogens with zero attached hydrogens (tertiary/aromatic N) is 3. The molecule has 122 valence electrons. The van der Waals surface area contributed by atoms with Crippen LogP contribution in [-0.4, -0.2) is 45.9 Å². The van der Waals surface area contributed by atoms with Gasteiger partial charge in [-0.25, -0.2) is 4.98 Å². The van der Waals surface area contributed by atoms with Gasteiger partial charge in [-0.15, -0.1) is 0 Å². The molecule has 0 spiro atoms. The molecule has 0 aliphatic carbocycles. The summed E-state index contributed by atoms with van der Waals surface area (Å²) in [5, 5.41) is 2.83. The average molecular weight is 315 g/mol. The van der Waals surface area contributed by atoms with E-state index in [1.165, 1.54) is 6.07 Å². The molecule has 2 aromatic heterocycles. The van der Waals surface area contributed by atoms with Crippen molar-refractivity contribution < 1.29 is 4.79 Å². The Morgan fingerprint density at radius 1 is 1.43 bits per heavy atom. The van der Waals surface area contributed by atoms with Crippen molar-refractivity contribution in [2.75, 3.05) is 20.1 Å². The number of hydrogen-bond acceptors (Lipinski definition) is 5. The quantitative estimate of drug-likeness (QED) is 0.765. The number of likely N-dealkylation sites (N-methyl/N-ethyl adjacent to an activating group) is 1. The van der Waals surface area contributed by atoms with Crippen molar-refractivity contribution in [2.24, 2.45) is 0 Å². The Hall–Kier alpha value is -2.54. The number of aromatic nitrogens is 3. The first-order valence-corrected chi connectivity index (χ1v) is 7.44. The predicted octanol–water partition coefficient (Wildman–Crippen LogP) is 0.264. The van der Waals surface area contributed by atoms with Crippen molar-refractivity contribution in [3.05, 3.63) is 58.0 Å². The minimum atomic E-state index is -0.171. The average Bonchev–Trinajstić information content (AvgIpc) is 2.47. The van der Waals surface area contributed by atoms with Crippen LogP contribution in [0.3, 0.4) is 0 Å². The molecule has 1 amide bonds. The third kappa shape index (κ3) is 5.99. The van der Waals surface area contributed by atoms with E-state index >= 15 is 0 Å². The fourth-order valence-electron chi connectivity index (χ4n) is 2.24. The molecular weight excluding hydrogens is 294 g/mol. The van der Waals surface area contributed by atoms with Gasteiger partial charge in [0.1, 0.15) is 5.82 Å². The molecule has 2 rings (SSSR count). The second-order valence-electron chi connectivity index (χ2n) is 5.47. The first kappa shape index (κ1) is 16.8. The van der Waals surface area contributed by atoms with E-state index in [0.717, 1.165) is 5.56 Å². The molecule has 2 N–H and O–H groups in total. The van der Waals surface area contributed by atoms with E-state index in [2.05, 4.69) is 20.3 Å². The number of aromatic amines is 1. The maximum absolute atomic E-state index is 11.9. The van der Waals surface area contributed by atoms with Gasteiger partial charge in [0, 0.05) is 43.7 Å². The summed E-state index contributed by atoms with van der Waals surface area (Å²) in [5.41, 5.74) is 1.56. The first-order valence-electron chi connectivity index (χ1n) is 7.44. The fraction of sp³-hybridized carbons (Fsp3) is 0.375. The number of aryl methyl sites for hydroxylation is 1. The standard InChI is InChI=1S/C16H21N5O2/c1-12-8-15(22)20-14(19-12)5-7-18-16(23)11-21(2)10-13-4-3-6-17-9-13/h3-4,6,8-9H,5,7,10-11H2,1-2H3,(H,18,23)(H,19,20,22). The Labute approximate surface area is 134 Å². The van der Waals surface area contributed by atoms with Gasteiger partial charge in [-0.3, -0.25) is 19.5 Å². The van der Waals surface area contributed by atoms with Gasteiger partial charge in [0.25, 0.3) is 5.56 Å². The van der Waals surface area contributed by atoms with Crippen LogP contribution in [0.4, 0.5) is 0 Å². The summed E-state index contributed by atoms with van der Waals surface area (Å²) >= 11 is 0. The van der Waals surface area contributed by atoms with Crippen LogP contribution in [-0.2, 0) is 17.8 Å². The van der Waals surface area contributed by atoms with Crippen molar-refractivity contribution in [3.8, 4) is 0 Å². The maximum Gasteiger partial charge on any atom is 0.251 e. The van der Waals surface area contributed by atoms with Gasteiger partial charge < -0.3 is 10.3 Å². The lowest BCUT2D eigenvalue weighted by molar-refractivity contribution is -0.122. The van der Waals surface area contributed by atoms with Gasteiger partial charge in [-0.2, -0.15) is 0 Å². The molecule has 0 unspecified atom stereocenters. The predicted molar refractivity (Wildman–Crippen MR) is 86.9 cm³/mol. The van der Waals surface area contributed by atoms with E-state index in [0.29, 0.717) is 37.6 Å².